The van der Waals surface area contributed by atoms with Gasteiger partial charge in [-0.25, -0.2) is 0 Å². The molecule has 2 heterocycles. The minimum Gasteiger partial charge on any atom is -0.357 e. The highest BCUT2D eigenvalue weighted by Crippen LogP contribution is 2.30. The fourth-order valence-electron chi connectivity index (χ4n) is 1.26. The Balaban J connectivity index is 2.48. The summed E-state index contributed by atoms with van der Waals surface area (Å²) >= 11 is 5.05. The Hall–Kier alpha value is -1.05. The molecule has 0 aliphatic carbocycles. The third-order valence-electron chi connectivity index (χ3n) is 1.97. The number of aryl methyl sites for hydroxylation is 1. The molecule has 70 valence electrons. The number of rotatable bonds is 1. The molecule has 0 aliphatic rings. The van der Waals surface area contributed by atoms with Gasteiger partial charge in [0.25, 0.3) is 0 Å². The fourth-order valence-corrected chi connectivity index (χ4v) is 2.66. The Bertz CT molecular complexity index is 504. The lowest BCUT2D eigenvalue weighted by Crippen LogP contribution is -1.73. The van der Waals surface area contributed by atoms with E-state index in [0.717, 1.165) is 20.7 Å². The van der Waals surface area contributed by atoms with E-state index in [2.05, 4.69) is 27.0 Å². The first-order valence-electron chi connectivity index (χ1n) is 4.05. The lowest BCUT2D eigenvalue weighted by atomic mass is 10.2. The van der Waals surface area contributed by atoms with Gasteiger partial charge in [0.15, 0.2) is 0 Å². The van der Waals surface area contributed by atoms with Crippen LogP contribution in [0.5, 0.6) is 0 Å². The topological polar surface area (TPSA) is 39.6 Å². The van der Waals surface area contributed by atoms with Crippen LogP contribution in [0.25, 0.3) is 10.6 Å². The second-order valence-corrected chi connectivity index (χ2v) is 4.79. The second kappa shape index (κ2) is 3.60. The molecule has 0 radical (unpaired) electrons. The molecular weight excluding hydrogens is 260 g/mol. The van der Waals surface area contributed by atoms with Gasteiger partial charge in [0.05, 0.1) is 16.1 Å². The first-order chi connectivity index (χ1) is 6.70. The number of thiophene rings is 1. The van der Waals surface area contributed by atoms with Crippen LogP contribution < -0.4 is 0 Å². The third kappa shape index (κ3) is 1.61. The molecule has 0 spiro atoms. The predicted molar refractivity (Wildman–Crippen MR) is 61.3 cm³/mol. The van der Waals surface area contributed by atoms with Gasteiger partial charge in [0.2, 0.25) is 0 Å². The van der Waals surface area contributed by atoms with Crippen molar-refractivity contribution in [1.29, 1.82) is 5.26 Å². The Morgan fingerprint density at radius 1 is 1.50 bits per heavy atom. The quantitative estimate of drug-likeness (QED) is 0.841. The van der Waals surface area contributed by atoms with Gasteiger partial charge in [-0.3, -0.25) is 0 Å². The van der Waals surface area contributed by atoms with Crippen molar-refractivity contribution in [2.45, 2.75) is 6.92 Å². The van der Waals surface area contributed by atoms with Crippen LogP contribution in [0.2, 0.25) is 0 Å². The second-order valence-electron chi connectivity index (χ2n) is 2.96. The van der Waals surface area contributed by atoms with E-state index in [0.29, 0.717) is 5.56 Å². The molecule has 0 aromatic carbocycles. The number of halogens is 1. The molecule has 2 aromatic heterocycles. The molecule has 2 rings (SSSR count). The summed E-state index contributed by atoms with van der Waals surface area (Å²) in [5, 5.41) is 10.8. The number of aromatic nitrogens is 1. The zero-order valence-corrected chi connectivity index (χ0v) is 9.87. The molecule has 0 fully saturated rings. The minimum atomic E-state index is 0.713. The van der Waals surface area contributed by atoms with E-state index >= 15 is 0 Å². The van der Waals surface area contributed by atoms with Crippen LogP contribution in [0, 0.1) is 18.3 Å². The highest BCUT2D eigenvalue weighted by Gasteiger charge is 2.07. The zero-order valence-electron chi connectivity index (χ0n) is 7.47. The Morgan fingerprint density at radius 2 is 2.29 bits per heavy atom. The molecule has 1 N–H and O–H groups in total. The number of hydrogen-bond acceptors (Lipinski definition) is 2. The monoisotopic (exact) mass is 266 g/mol. The highest BCUT2D eigenvalue weighted by molar-refractivity contribution is 9.10. The summed E-state index contributed by atoms with van der Waals surface area (Å²) in [7, 11) is 0. The first kappa shape index (κ1) is 9.50. The van der Waals surface area contributed by atoms with E-state index in [9.17, 15) is 0 Å². The number of nitriles is 1. The number of nitrogens with one attached hydrogen (secondary N) is 1. The van der Waals surface area contributed by atoms with E-state index in [4.69, 9.17) is 5.26 Å². The van der Waals surface area contributed by atoms with Crippen molar-refractivity contribution >= 4 is 27.3 Å². The third-order valence-corrected chi connectivity index (χ3v) is 3.69. The number of hydrogen-bond donors (Lipinski definition) is 1. The summed E-state index contributed by atoms with van der Waals surface area (Å²) in [5.41, 5.74) is 2.64. The van der Waals surface area contributed by atoms with Crippen LogP contribution in [0.4, 0.5) is 0 Å². The predicted octanol–water partition coefficient (Wildman–Crippen LogP) is 3.69. The van der Waals surface area contributed by atoms with Crippen LogP contribution in [-0.4, -0.2) is 4.98 Å². The van der Waals surface area contributed by atoms with E-state index in [1.54, 1.807) is 11.3 Å². The van der Waals surface area contributed by atoms with Crippen LogP contribution in [-0.2, 0) is 0 Å². The molecule has 0 amide bonds. The minimum absolute atomic E-state index is 0.713. The molecule has 0 bridgehead atoms. The normalized spacial score (nSPS) is 10.1. The van der Waals surface area contributed by atoms with Crippen LogP contribution >= 0.6 is 27.3 Å². The standard InChI is InChI=1S/C10H7BrN2S/c1-6-7(4-12)2-9(13-6)10-3-8(11)5-14-10/h2-3,5,13H,1H3. The molecule has 14 heavy (non-hydrogen) atoms. The fraction of sp³-hybridized carbons (Fsp3) is 0.100. The summed E-state index contributed by atoms with van der Waals surface area (Å²) < 4.78 is 1.07. The van der Waals surface area contributed by atoms with E-state index in [1.165, 1.54) is 0 Å². The maximum absolute atomic E-state index is 8.81. The highest BCUT2D eigenvalue weighted by atomic mass is 79.9. The van der Waals surface area contributed by atoms with Crippen molar-refractivity contribution in [3.05, 3.63) is 33.2 Å². The molecule has 0 saturated carbocycles. The van der Waals surface area contributed by atoms with Gasteiger partial charge in [-0.15, -0.1) is 11.3 Å². The van der Waals surface area contributed by atoms with Crippen molar-refractivity contribution in [3.8, 4) is 16.6 Å². The molecule has 0 aliphatic heterocycles. The van der Waals surface area contributed by atoms with Crippen molar-refractivity contribution in [2.24, 2.45) is 0 Å². The first-order valence-corrected chi connectivity index (χ1v) is 5.72. The van der Waals surface area contributed by atoms with E-state index < -0.39 is 0 Å². The van der Waals surface area contributed by atoms with Gasteiger partial charge in [0, 0.05) is 15.5 Å². The number of nitrogens with zero attached hydrogens (tertiary/aromatic N) is 1. The summed E-state index contributed by atoms with van der Waals surface area (Å²) in [6, 6.07) is 6.08. The smallest absolute Gasteiger partial charge is 0.101 e. The summed E-state index contributed by atoms with van der Waals surface area (Å²) in [6.45, 7) is 1.91. The lowest BCUT2D eigenvalue weighted by Gasteiger charge is -1.88. The van der Waals surface area contributed by atoms with Gasteiger partial charge >= 0.3 is 0 Å². The van der Waals surface area contributed by atoms with Crippen molar-refractivity contribution < 1.29 is 0 Å². The average molecular weight is 267 g/mol. The van der Waals surface area contributed by atoms with Crippen LogP contribution in [0.1, 0.15) is 11.3 Å². The van der Waals surface area contributed by atoms with Gasteiger partial charge in [-0.05, 0) is 35.0 Å². The van der Waals surface area contributed by atoms with Crippen molar-refractivity contribution in [3.63, 3.8) is 0 Å². The largest absolute Gasteiger partial charge is 0.357 e. The molecule has 4 heteroatoms. The van der Waals surface area contributed by atoms with Gasteiger partial charge in [-0.2, -0.15) is 5.26 Å². The summed E-state index contributed by atoms with van der Waals surface area (Å²) in [4.78, 5) is 4.33. The van der Waals surface area contributed by atoms with E-state index in [1.807, 2.05) is 24.4 Å². The maximum atomic E-state index is 8.81. The summed E-state index contributed by atoms with van der Waals surface area (Å²) in [5.74, 6) is 0. The number of aromatic amines is 1. The van der Waals surface area contributed by atoms with Gasteiger partial charge in [0.1, 0.15) is 6.07 Å². The lowest BCUT2D eigenvalue weighted by molar-refractivity contribution is 1.26. The average Bonchev–Trinajstić information content (AvgIpc) is 2.71. The van der Waals surface area contributed by atoms with Crippen molar-refractivity contribution in [1.82, 2.24) is 4.98 Å². The molecule has 0 unspecified atom stereocenters. The molecule has 0 atom stereocenters. The maximum Gasteiger partial charge on any atom is 0.101 e. The van der Waals surface area contributed by atoms with Gasteiger partial charge in [-0.1, -0.05) is 0 Å². The molecule has 0 saturated heterocycles. The van der Waals surface area contributed by atoms with Crippen LogP contribution in [0.3, 0.4) is 0 Å². The molecule has 2 nitrogen and oxygen atoms in total. The summed E-state index contributed by atoms with van der Waals surface area (Å²) in [6.07, 6.45) is 0. The Kier molecular flexibility index (Phi) is 2.44. The van der Waals surface area contributed by atoms with E-state index in [-0.39, 0.29) is 0 Å². The SMILES string of the molecule is Cc1[nH]c(-c2cc(Br)cs2)cc1C#N. The van der Waals surface area contributed by atoms with Crippen LogP contribution in [0.15, 0.2) is 22.0 Å². The Morgan fingerprint density at radius 3 is 2.79 bits per heavy atom. The molecule has 2 aromatic rings. The molecular formula is C10H7BrN2S. The number of H-pyrrole nitrogens is 1. The van der Waals surface area contributed by atoms with Crippen molar-refractivity contribution in [2.75, 3.05) is 0 Å². The Labute approximate surface area is 94.3 Å². The van der Waals surface area contributed by atoms with Gasteiger partial charge < -0.3 is 4.98 Å². The zero-order chi connectivity index (χ0) is 10.1.